The van der Waals surface area contributed by atoms with Gasteiger partial charge < -0.3 is 0 Å². The van der Waals surface area contributed by atoms with Gasteiger partial charge in [0.1, 0.15) is 0 Å². The molecule has 0 unspecified atom stereocenters. The van der Waals surface area contributed by atoms with Crippen molar-refractivity contribution in [3.63, 3.8) is 0 Å². The van der Waals surface area contributed by atoms with E-state index in [1.807, 2.05) is 24.3 Å². The molecule has 0 aliphatic carbocycles. The van der Waals surface area contributed by atoms with E-state index in [-0.39, 0.29) is 11.8 Å². The average molecular weight is 904 g/mol. The fourth-order valence-corrected chi connectivity index (χ4v) is 10.6. The van der Waals surface area contributed by atoms with Crippen LogP contribution < -0.4 is 0 Å². The molecule has 0 saturated carbocycles. The Labute approximate surface area is 299 Å². The van der Waals surface area contributed by atoms with Crippen molar-refractivity contribution < 1.29 is 19.2 Å². The summed E-state index contributed by atoms with van der Waals surface area (Å²) < 4.78 is 2.44. The number of hydrogen-bond acceptors (Lipinski definition) is 10. The number of halogens is 2. The number of thiophene rings is 6. The Kier molecular flexibility index (Phi) is 11.7. The van der Waals surface area contributed by atoms with Crippen LogP contribution in [0.2, 0.25) is 0 Å². The highest BCUT2D eigenvalue weighted by Gasteiger charge is 2.26. The molecule has 7 rings (SSSR count). The minimum absolute atomic E-state index is 0.0735. The highest BCUT2D eigenvalue weighted by atomic mass is 127. The van der Waals surface area contributed by atoms with Crippen molar-refractivity contribution in [3.8, 4) is 39.0 Å². The third kappa shape index (κ3) is 8.45. The van der Waals surface area contributed by atoms with Crippen molar-refractivity contribution >= 4 is 138 Å². The number of amides is 2. The van der Waals surface area contributed by atoms with E-state index in [2.05, 4.69) is 76.5 Å². The molecular formula is C30H19I2NO4S6. The molecule has 13 heteroatoms. The number of hydrogen-bond donors (Lipinski definition) is 0. The summed E-state index contributed by atoms with van der Waals surface area (Å²) >= 11 is 14.3. The molecule has 6 aromatic rings. The first kappa shape index (κ1) is 32.5. The van der Waals surface area contributed by atoms with Crippen LogP contribution in [0, 0.1) is 2.88 Å². The number of imide groups is 1. The van der Waals surface area contributed by atoms with E-state index in [9.17, 15) is 19.2 Å². The van der Waals surface area contributed by atoms with E-state index >= 15 is 0 Å². The highest BCUT2D eigenvalue weighted by Crippen LogP contribution is 2.40. The lowest BCUT2D eigenvalue weighted by molar-refractivity contribution is -0.130. The molecule has 0 bridgehead atoms. The van der Waals surface area contributed by atoms with Gasteiger partial charge in [0.05, 0.1) is 35.5 Å². The molecule has 2 amide bonds. The van der Waals surface area contributed by atoms with Crippen molar-refractivity contribution in [2.45, 2.75) is 12.8 Å². The first-order valence-corrected chi connectivity index (χ1v) is 19.5. The first-order chi connectivity index (χ1) is 20.8. The molecule has 0 N–H and O–H groups in total. The summed E-state index contributed by atoms with van der Waals surface area (Å²) in [5, 5.41) is 2.09. The van der Waals surface area contributed by atoms with Crippen molar-refractivity contribution in [1.82, 2.24) is 3.11 Å². The fraction of sp³-hybridized carbons (Fsp3) is 0.0667. The average Bonchev–Trinajstić information content (AvgIpc) is 3.86. The molecule has 218 valence electrons. The van der Waals surface area contributed by atoms with Gasteiger partial charge in [-0.15, -0.1) is 68.0 Å². The van der Waals surface area contributed by atoms with Crippen LogP contribution in [0.5, 0.6) is 0 Å². The molecule has 43 heavy (non-hydrogen) atoms. The van der Waals surface area contributed by atoms with Crippen LogP contribution in [0.4, 0.5) is 0 Å². The molecule has 6 aromatic heterocycles. The van der Waals surface area contributed by atoms with Gasteiger partial charge in [0.25, 0.3) is 0 Å². The Balaban J connectivity index is 0.000000138. The molecule has 1 aliphatic heterocycles. The lowest BCUT2D eigenvalue weighted by Gasteiger charge is -1.97. The van der Waals surface area contributed by atoms with Gasteiger partial charge in [-0.05, 0) is 94.7 Å². The van der Waals surface area contributed by atoms with Gasteiger partial charge in [-0.2, -0.15) is 0 Å². The second-order valence-electron chi connectivity index (χ2n) is 8.62. The van der Waals surface area contributed by atoms with Crippen LogP contribution in [0.3, 0.4) is 0 Å². The summed E-state index contributed by atoms with van der Waals surface area (Å²) in [6, 6.07) is 24.8. The highest BCUT2D eigenvalue weighted by molar-refractivity contribution is 14.1. The molecule has 0 aromatic carbocycles. The quantitative estimate of drug-likeness (QED) is 0.0722. The number of rotatable bonds is 6. The molecule has 5 nitrogen and oxygen atoms in total. The zero-order valence-corrected chi connectivity index (χ0v) is 31.1. The van der Waals surface area contributed by atoms with E-state index in [1.54, 1.807) is 90.9 Å². The Morgan fingerprint density at radius 2 is 0.977 bits per heavy atom. The van der Waals surface area contributed by atoms with E-state index < -0.39 is 0 Å². The molecular weight excluding hydrogens is 885 g/mol. The van der Waals surface area contributed by atoms with Gasteiger partial charge in [0.15, 0.2) is 12.6 Å². The maximum absolute atomic E-state index is 10.7. The SMILES string of the molecule is O=C1CCC(=O)N1I.O=Cc1ccc(-c2ccc(-c3ccc(I)s3)s2)s1.O=Cc1ccc(-c2ccc(-c3cccs3)s2)s1. The molecule has 0 atom stereocenters. The molecule has 1 saturated heterocycles. The van der Waals surface area contributed by atoms with Crippen LogP contribution in [-0.4, -0.2) is 27.5 Å². The number of carbonyl (C=O) groups is 4. The molecule has 0 radical (unpaired) electrons. The van der Waals surface area contributed by atoms with Crippen molar-refractivity contribution in [2.75, 3.05) is 0 Å². The Hall–Kier alpha value is -1.86. The Morgan fingerprint density at radius 3 is 1.33 bits per heavy atom. The van der Waals surface area contributed by atoms with Gasteiger partial charge in [-0.3, -0.25) is 19.2 Å². The van der Waals surface area contributed by atoms with Gasteiger partial charge in [-0.1, -0.05) is 6.07 Å². The summed E-state index contributed by atoms with van der Waals surface area (Å²) in [6.45, 7) is 0. The summed E-state index contributed by atoms with van der Waals surface area (Å²) in [4.78, 5) is 53.9. The Morgan fingerprint density at radius 1 is 0.558 bits per heavy atom. The minimum atomic E-state index is -0.0735. The summed E-state index contributed by atoms with van der Waals surface area (Å²) in [7, 11) is 0. The predicted molar refractivity (Wildman–Crippen MR) is 200 cm³/mol. The van der Waals surface area contributed by atoms with Gasteiger partial charge in [-0.25, -0.2) is 3.11 Å². The second kappa shape index (κ2) is 15.4. The van der Waals surface area contributed by atoms with Crippen LogP contribution in [0.1, 0.15) is 32.2 Å². The summed E-state index contributed by atoms with van der Waals surface area (Å²) in [6.07, 6.45) is 2.59. The third-order valence-electron chi connectivity index (χ3n) is 5.75. The standard InChI is InChI=1S/C13H7IOS3.C13H8OS3.C4H4INO2/c14-13-6-5-12(18-13)11-4-3-10(17-11)9-2-1-8(7-15)16-9;14-8-9-3-4-12(16-9)13-6-5-11(17-13)10-2-1-7-15-10;5-6-3(7)1-2-4(6)8/h1-7H;1-8H;1-2H2. The Bertz CT molecular complexity index is 1840. The summed E-state index contributed by atoms with van der Waals surface area (Å²) in [5.74, 6) is -0.147. The van der Waals surface area contributed by atoms with Crippen molar-refractivity contribution in [2.24, 2.45) is 0 Å². The second-order valence-corrected chi connectivity index (χ2v) is 17.9. The smallest absolute Gasteiger partial charge is 0.238 e. The molecule has 1 aliphatic rings. The lowest BCUT2D eigenvalue weighted by atomic mass is 10.3. The van der Waals surface area contributed by atoms with E-state index in [4.69, 9.17) is 0 Å². The van der Waals surface area contributed by atoms with Crippen LogP contribution in [0.25, 0.3) is 39.0 Å². The van der Waals surface area contributed by atoms with E-state index in [0.717, 1.165) is 25.4 Å². The van der Waals surface area contributed by atoms with Gasteiger partial charge in [0.2, 0.25) is 11.8 Å². The van der Waals surface area contributed by atoms with Crippen LogP contribution in [0.15, 0.2) is 78.2 Å². The van der Waals surface area contributed by atoms with Crippen molar-refractivity contribution in [1.29, 1.82) is 0 Å². The largest absolute Gasteiger partial charge is 0.297 e. The first-order valence-electron chi connectivity index (χ1n) is 12.5. The monoisotopic (exact) mass is 903 g/mol. The number of aldehydes is 2. The summed E-state index contributed by atoms with van der Waals surface area (Å²) in [5.41, 5.74) is 0. The maximum Gasteiger partial charge on any atom is 0.238 e. The topological polar surface area (TPSA) is 71.5 Å². The van der Waals surface area contributed by atoms with Gasteiger partial charge >= 0.3 is 0 Å². The normalized spacial score (nSPS) is 12.5. The predicted octanol–water partition coefficient (Wildman–Crippen LogP) is 11.1. The van der Waals surface area contributed by atoms with Gasteiger partial charge in [0, 0.05) is 51.9 Å². The lowest BCUT2D eigenvalue weighted by Crippen LogP contribution is -2.16. The fourth-order valence-electron chi connectivity index (χ4n) is 3.72. The third-order valence-corrected chi connectivity index (χ3v) is 14.6. The molecule has 7 heterocycles. The molecule has 0 spiro atoms. The van der Waals surface area contributed by atoms with E-state index in [0.29, 0.717) is 12.8 Å². The van der Waals surface area contributed by atoms with Crippen molar-refractivity contribution in [3.05, 3.63) is 90.8 Å². The number of nitrogens with zero attached hydrogens (tertiary/aromatic N) is 1. The maximum atomic E-state index is 10.7. The zero-order chi connectivity index (χ0) is 30.3. The van der Waals surface area contributed by atoms with Crippen LogP contribution >= 0.6 is 113 Å². The zero-order valence-electron chi connectivity index (χ0n) is 21.9. The minimum Gasteiger partial charge on any atom is -0.297 e. The van der Waals surface area contributed by atoms with Crippen LogP contribution in [-0.2, 0) is 9.59 Å². The van der Waals surface area contributed by atoms with E-state index in [1.165, 1.54) is 41.9 Å². The molecule has 1 fully saturated rings. The number of carbonyl (C=O) groups excluding carboxylic acids is 4.